The first kappa shape index (κ1) is 25.4. The fourth-order valence-electron chi connectivity index (χ4n) is 2.25. The van der Waals surface area contributed by atoms with Crippen LogP contribution in [0.15, 0.2) is 0 Å². The number of alkyl halides is 6. The van der Waals surface area contributed by atoms with E-state index in [-0.39, 0.29) is 0 Å². The molecule has 1 fully saturated rings. The van der Waals surface area contributed by atoms with E-state index < -0.39 is 81.0 Å². The molecule has 0 bridgehead atoms. The fourth-order valence-corrected chi connectivity index (χ4v) is 3.79. The average molecular weight is 479 g/mol. The smallest absolute Gasteiger partial charge is 0.469 e. The molecule has 0 aliphatic carbocycles. The molecule has 0 unspecified atom stereocenters. The van der Waals surface area contributed by atoms with Gasteiger partial charge in [-0.1, -0.05) is 0 Å². The Morgan fingerprint density at radius 3 is 1.59 bits per heavy atom. The van der Waals surface area contributed by atoms with Gasteiger partial charge in [0.25, 0.3) is 0 Å². The molecule has 2 atom stereocenters. The Labute approximate surface area is 160 Å². The Balaban J connectivity index is 3.07. The molecule has 0 aromatic carbocycles. The third-order valence-electron chi connectivity index (χ3n) is 3.67. The second kappa shape index (κ2) is 8.60. The van der Waals surface area contributed by atoms with Gasteiger partial charge in [0.1, 0.15) is 0 Å². The van der Waals surface area contributed by atoms with Gasteiger partial charge in [-0.3, -0.25) is 9.59 Å². The summed E-state index contributed by atoms with van der Waals surface area (Å²) in [5.74, 6) is -1.78. The van der Waals surface area contributed by atoms with Crippen molar-refractivity contribution in [3.05, 3.63) is 0 Å². The number of nitrogens with zero attached hydrogens (tertiary/aromatic N) is 1. The van der Waals surface area contributed by atoms with Crippen LogP contribution in [0.1, 0.15) is 12.8 Å². The number of methoxy groups -OCH3 is 1. The van der Waals surface area contributed by atoms with Crippen molar-refractivity contribution in [2.45, 2.75) is 35.9 Å². The van der Waals surface area contributed by atoms with Gasteiger partial charge in [-0.15, -0.1) is 0 Å². The van der Waals surface area contributed by atoms with Crippen LogP contribution in [0.4, 0.5) is 26.3 Å². The lowest BCUT2D eigenvalue weighted by Gasteiger charge is -2.21. The first-order valence-corrected chi connectivity index (χ1v) is 10.4. The van der Waals surface area contributed by atoms with Crippen molar-refractivity contribution in [1.29, 1.82) is 0 Å². The number of hydrogen-bond donors (Lipinski definition) is 2. The molecule has 0 aromatic heterocycles. The second-order valence-corrected chi connectivity index (χ2v) is 9.13. The summed E-state index contributed by atoms with van der Waals surface area (Å²) in [5, 5.41) is 0. The molecule has 1 aliphatic rings. The van der Waals surface area contributed by atoms with E-state index in [0.717, 1.165) is 16.6 Å². The van der Waals surface area contributed by atoms with Crippen molar-refractivity contribution in [2.75, 3.05) is 20.2 Å². The monoisotopic (exact) mass is 479 g/mol. The number of nitrogens with one attached hydrogen (secondary N) is 2. The Morgan fingerprint density at radius 1 is 0.897 bits per heavy atom. The SMILES string of the molecule is COC(=O)CCC(=O)N1C[C@@H](NS(=O)(=O)C(F)(F)F)[C@H](NS(=O)(=O)C(F)(F)F)C1. The summed E-state index contributed by atoms with van der Waals surface area (Å²) in [6.45, 7) is -1.75. The van der Waals surface area contributed by atoms with Crippen LogP contribution in [0.2, 0.25) is 0 Å². The summed E-state index contributed by atoms with van der Waals surface area (Å²) < 4.78 is 127. The normalized spacial score (nSPS) is 21.3. The van der Waals surface area contributed by atoms with E-state index in [2.05, 4.69) is 4.74 Å². The number of carbonyl (C=O) groups is 2. The molecule has 170 valence electrons. The minimum absolute atomic E-state index is 0.469. The molecule has 0 spiro atoms. The minimum atomic E-state index is -6.06. The summed E-state index contributed by atoms with van der Waals surface area (Å²) in [4.78, 5) is 23.7. The predicted octanol–water partition coefficient (Wildman–Crippen LogP) is -0.603. The number of carbonyl (C=O) groups excluding carboxylic acids is 2. The molecule has 29 heavy (non-hydrogen) atoms. The number of likely N-dealkylation sites (tertiary alicyclic amines) is 1. The molecule has 0 saturated carbocycles. The fraction of sp³-hybridized carbons (Fsp3) is 0.818. The van der Waals surface area contributed by atoms with Gasteiger partial charge in [-0.05, 0) is 0 Å². The highest BCUT2D eigenvalue weighted by atomic mass is 32.2. The molecule has 2 N–H and O–H groups in total. The summed E-state index contributed by atoms with van der Waals surface area (Å²) in [7, 11) is -11.1. The number of ether oxygens (including phenoxy) is 1. The lowest BCUT2D eigenvalue weighted by Crippen LogP contribution is -2.55. The first-order valence-electron chi connectivity index (χ1n) is 7.43. The maximum Gasteiger partial charge on any atom is 0.511 e. The Kier molecular flexibility index (Phi) is 7.53. The van der Waals surface area contributed by atoms with E-state index >= 15 is 0 Å². The molecule has 1 rings (SSSR count). The van der Waals surface area contributed by atoms with E-state index in [1.165, 1.54) is 0 Å². The van der Waals surface area contributed by atoms with Gasteiger partial charge in [0.2, 0.25) is 5.91 Å². The molecule has 10 nitrogen and oxygen atoms in total. The molecule has 0 radical (unpaired) electrons. The van der Waals surface area contributed by atoms with Gasteiger partial charge < -0.3 is 9.64 Å². The van der Waals surface area contributed by atoms with Crippen LogP contribution in [-0.4, -0.2) is 76.9 Å². The highest BCUT2D eigenvalue weighted by Gasteiger charge is 2.52. The summed E-state index contributed by atoms with van der Waals surface area (Å²) in [6, 6.07) is -4.11. The van der Waals surface area contributed by atoms with Gasteiger partial charge in [0, 0.05) is 19.5 Å². The number of halogens is 6. The quantitative estimate of drug-likeness (QED) is 0.367. The maximum atomic E-state index is 12.5. The van der Waals surface area contributed by atoms with E-state index in [0.29, 0.717) is 4.90 Å². The third-order valence-corrected chi connectivity index (χ3v) is 6.11. The molecule has 1 amide bonds. The Bertz CT molecular complexity index is 786. The lowest BCUT2D eigenvalue weighted by molar-refractivity contribution is -0.143. The van der Waals surface area contributed by atoms with Crippen molar-refractivity contribution in [3.8, 4) is 0 Å². The minimum Gasteiger partial charge on any atom is -0.469 e. The van der Waals surface area contributed by atoms with Crippen molar-refractivity contribution in [2.24, 2.45) is 0 Å². The first-order chi connectivity index (χ1) is 12.9. The van der Waals surface area contributed by atoms with E-state index in [1.807, 2.05) is 0 Å². The largest absolute Gasteiger partial charge is 0.511 e. The van der Waals surface area contributed by atoms with Crippen LogP contribution in [-0.2, 0) is 34.4 Å². The van der Waals surface area contributed by atoms with Crippen LogP contribution in [0, 0.1) is 0 Å². The maximum absolute atomic E-state index is 12.5. The van der Waals surface area contributed by atoms with Crippen LogP contribution in [0.3, 0.4) is 0 Å². The highest BCUT2D eigenvalue weighted by molar-refractivity contribution is 7.90. The summed E-state index contributed by atoms with van der Waals surface area (Å²) in [5.41, 5.74) is -11.7. The van der Waals surface area contributed by atoms with Gasteiger partial charge in [0.05, 0.1) is 25.6 Å². The van der Waals surface area contributed by atoms with Crippen LogP contribution in [0.5, 0.6) is 0 Å². The van der Waals surface area contributed by atoms with Crippen LogP contribution < -0.4 is 9.44 Å². The Morgan fingerprint density at radius 2 is 1.28 bits per heavy atom. The van der Waals surface area contributed by atoms with Crippen LogP contribution in [0.25, 0.3) is 0 Å². The Hall–Kier alpha value is -1.66. The van der Waals surface area contributed by atoms with Gasteiger partial charge in [0.15, 0.2) is 0 Å². The predicted molar refractivity (Wildman–Crippen MR) is 81.6 cm³/mol. The van der Waals surface area contributed by atoms with E-state index in [9.17, 15) is 52.8 Å². The molecule has 18 heteroatoms. The zero-order valence-corrected chi connectivity index (χ0v) is 16.0. The third kappa shape index (κ3) is 6.41. The summed E-state index contributed by atoms with van der Waals surface area (Å²) >= 11 is 0. The molecule has 1 heterocycles. The highest BCUT2D eigenvalue weighted by Crippen LogP contribution is 2.26. The number of sulfonamides is 2. The van der Waals surface area contributed by atoms with Gasteiger partial charge in [-0.25, -0.2) is 26.3 Å². The van der Waals surface area contributed by atoms with Crippen molar-refractivity contribution >= 4 is 31.9 Å². The number of esters is 1. The number of rotatable bonds is 7. The zero-order chi connectivity index (χ0) is 22.8. The van der Waals surface area contributed by atoms with Crippen LogP contribution >= 0.6 is 0 Å². The molecular formula is C11H15F6N3O7S2. The number of hydrogen-bond acceptors (Lipinski definition) is 7. The van der Waals surface area contributed by atoms with Crippen molar-refractivity contribution in [3.63, 3.8) is 0 Å². The van der Waals surface area contributed by atoms with Crippen molar-refractivity contribution < 1.29 is 57.5 Å². The molecule has 0 aromatic rings. The second-order valence-electron chi connectivity index (χ2n) is 5.72. The van der Waals surface area contributed by atoms with Gasteiger partial charge in [-0.2, -0.15) is 26.3 Å². The van der Waals surface area contributed by atoms with Crippen molar-refractivity contribution in [1.82, 2.24) is 14.3 Å². The molecular weight excluding hydrogens is 464 g/mol. The number of amides is 1. The lowest BCUT2D eigenvalue weighted by atomic mass is 10.2. The summed E-state index contributed by atoms with van der Waals surface area (Å²) in [6.07, 6.45) is -1.02. The standard InChI is InChI=1S/C11H15F6N3O7S2/c1-27-9(22)3-2-8(21)20-4-6(18-28(23,24)10(12,13)14)7(5-20)19-29(25,26)11(15,16)17/h6-7,18-19H,2-5H2,1H3/t6-,7-/m1/s1. The van der Waals surface area contributed by atoms with Gasteiger partial charge >= 0.3 is 37.0 Å². The van der Waals surface area contributed by atoms with E-state index in [1.54, 1.807) is 0 Å². The molecule has 1 saturated heterocycles. The topological polar surface area (TPSA) is 139 Å². The zero-order valence-electron chi connectivity index (χ0n) is 14.4. The molecule has 1 aliphatic heterocycles. The average Bonchev–Trinajstić information content (AvgIpc) is 2.91. The van der Waals surface area contributed by atoms with E-state index in [4.69, 9.17) is 0 Å².